The molecule has 0 radical (unpaired) electrons. The summed E-state index contributed by atoms with van der Waals surface area (Å²) in [4.78, 5) is 17.0. The molecular formula is C25H31ClFN3O3. The Morgan fingerprint density at radius 3 is 2.97 bits per heavy atom. The van der Waals surface area contributed by atoms with Gasteiger partial charge in [0.1, 0.15) is 11.6 Å². The molecular weight excluding hydrogens is 445 g/mol. The average Bonchev–Trinajstić information content (AvgIpc) is 2.80. The van der Waals surface area contributed by atoms with Crippen LogP contribution in [0.3, 0.4) is 0 Å². The monoisotopic (exact) mass is 475 g/mol. The van der Waals surface area contributed by atoms with E-state index in [0.29, 0.717) is 36.2 Å². The van der Waals surface area contributed by atoms with Crippen LogP contribution in [0, 0.1) is 11.7 Å². The number of carbonyl (C=O) groups excluding carboxylic acids is 1. The zero-order chi connectivity index (χ0) is 23.4. The number of rotatable bonds is 7. The van der Waals surface area contributed by atoms with Crippen molar-refractivity contribution in [3.8, 4) is 11.1 Å². The quantitative estimate of drug-likeness (QED) is 0.623. The maximum Gasteiger partial charge on any atom is 0.146 e. The maximum atomic E-state index is 14.5. The van der Waals surface area contributed by atoms with Crippen LogP contribution in [0.5, 0.6) is 0 Å². The van der Waals surface area contributed by atoms with Gasteiger partial charge in [0.25, 0.3) is 0 Å². The third kappa shape index (κ3) is 6.29. The van der Waals surface area contributed by atoms with Gasteiger partial charge < -0.3 is 20.1 Å². The van der Waals surface area contributed by atoms with Gasteiger partial charge in [0.2, 0.25) is 0 Å². The lowest BCUT2D eigenvalue weighted by Crippen LogP contribution is -2.45. The summed E-state index contributed by atoms with van der Waals surface area (Å²) in [5.41, 5.74) is 2.13. The number of carbonyl (C=O) groups is 1. The highest BCUT2D eigenvalue weighted by atomic mass is 35.5. The highest BCUT2D eigenvalue weighted by Crippen LogP contribution is 2.31. The molecule has 8 heteroatoms. The minimum absolute atomic E-state index is 0.0252. The molecule has 2 aromatic rings. The number of hydrogen-bond acceptors (Lipinski definition) is 6. The van der Waals surface area contributed by atoms with E-state index >= 15 is 0 Å². The first-order valence-corrected chi connectivity index (χ1v) is 11.9. The number of halogens is 2. The molecule has 2 aliphatic rings. The lowest BCUT2D eigenvalue weighted by molar-refractivity contribution is -0.177. The fourth-order valence-corrected chi connectivity index (χ4v) is 4.57. The van der Waals surface area contributed by atoms with E-state index in [1.165, 1.54) is 6.07 Å². The Hall–Kier alpha value is -2.06. The lowest BCUT2D eigenvalue weighted by Gasteiger charge is -2.36. The number of anilines is 1. The van der Waals surface area contributed by atoms with Gasteiger partial charge >= 0.3 is 0 Å². The fourth-order valence-electron chi connectivity index (χ4n) is 4.36. The molecule has 0 bridgehead atoms. The topological polar surface area (TPSA) is 72.5 Å². The fraction of sp³-hybridized carbons (Fsp3) is 0.520. The van der Waals surface area contributed by atoms with Crippen molar-refractivity contribution in [3.05, 3.63) is 47.0 Å². The van der Waals surface area contributed by atoms with Crippen LogP contribution in [0.15, 0.2) is 30.5 Å². The smallest absolute Gasteiger partial charge is 0.146 e. The van der Waals surface area contributed by atoms with E-state index in [9.17, 15) is 9.18 Å². The Morgan fingerprint density at radius 1 is 1.36 bits per heavy atom. The number of hydrogen-bond donors (Lipinski definition) is 2. The molecule has 2 atom stereocenters. The molecule has 0 spiro atoms. The van der Waals surface area contributed by atoms with Crippen LogP contribution < -0.4 is 10.6 Å². The molecule has 2 fully saturated rings. The molecule has 0 saturated carbocycles. The van der Waals surface area contributed by atoms with E-state index < -0.39 is 0 Å². The number of piperidine rings is 1. The highest BCUT2D eigenvalue weighted by molar-refractivity contribution is 6.33. The van der Waals surface area contributed by atoms with Crippen LogP contribution in [-0.4, -0.2) is 55.3 Å². The number of benzene rings is 1. The summed E-state index contributed by atoms with van der Waals surface area (Å²) in [6.07, 6.45) is 3.57. The van der Waals surface area contributed by atoms with Gasteiger partial charge in [-0.1, -0.05) is 17.7 Å². The molecule has 178 valence electrons. The summed E-state index contributed by atoms with van der Waals surface area (Å²) in [6.45, 7) is 7.05. The number of ketones is 1. The molecule has 1 aromatic heterocycles. The first-order chi connectivity index (χ1) is 15.8. The predicted molar refractivity (Wildman–Crippen MR) is 127 cm³/mol. The van der Waals surface area contributed by atoms with Crippen molar-refractivity contribution in [1.82, 2.24) is 10.3 Å². The molecule has 3 heterocycles. The van der Waals surface area contributed by atoms with E-state index in [2.05, 4.69) is 15.6 Å². The number of nitrogens with zero attached hydrogens (tertiary/aromatic N) is 1. The highest BCUT2D eigenvalue weighted by Gasteiger charge is 2.29. The van der Waals surface area contributed by atoms with Crippen LogP contribution >= 0.6 is 11.6 Å². The normalized spacial score (nSPS) is 22.7. The van der Waals surface area contributed by atoms with Crippen LogP contribution in [0.1, 0.15) is 32.4 Å². The summed E-state index contributed by atoms with van der Waals surface area (Å²) in [5.74, 6) is -0.153. The van der Waals surface area contributed by atoms with Gasteiger partial charge in [-0.25, -0.2) is 4.39 Å². The predicted octanol–water partition coefficient (Wildman–Crippen LogP) is 4.26. The molecule has 0 aliphatic carbocycles. The van der Waals surface area contributed by atoms with E-state index in [0.717, 1.165) is 37.1 Å². The van der Waals surface area contributed by atoms with Crippen molar-refractivity contribution in [2.24, 2.45) is 5.92 Å². The second-order valence-electron chi connectivity index (χ2n) is 9.43. The Morgan fingerprint density at radius 2 is 2.21 bits per heavy atom. The van der Waals surface area contributed by atoms with Gasteiger partial charge in [0, 0.05) is 42.9 Å². The number of ether oxygens (including phenoxy) is 2. The zero-order valence-electron chi connectivity index (χ0n) is 19.1. The molecule has 1 aromatic carbocycles. The SMILES string of the molecule is CC1(C)COC[C@H](CNc2cc(-c3cc(CC(=O)[C@@H]4CCCNC4)ncc3Cl)ccc2F)O1. The molecule has 2 saturated heterocycles. The number of pyridine rings is 1. The minimum atomic E-state index is -0.364. The van der Waals surface area contributed by atoms with E-state index in [-0.39, 0.29) is 35.6 Å². The maximum absolute atomic E-state index is 14.5. The summed E-state index contributed by atoms with van der Waals surface area (Å²) in [5, 5.41) is 6.87. The van der Waals surface area contributed by atoms with Gasteiger partial charge in [-0.15, -0.1) is 0 Å². The minimum Gasteiger partial charge on any atom is -0.380 e. The van der Waals surface area contributed by atoms with Crippen molar-refractivity contribution >= 4 is 23.1 Å². The Labute approximate surface area is 199 Å². The molecule has 0 unspecified atom stereocenters. The van der Waals surface area contributed by atoms with Crippen molar-refractivity contribution in [2.75, 3.05) is 38.2 Å². The number of Topliss-reactive ketones (excluding diaryl/α,β-unsaturated/α-hetero) is 1. The van der Waals surface area contributed by atoms with Crippen LogP contribution in [0.25, 0.3) is 11.1 Å². The van der Waals surface area contributed by atoms with Crippen molar-refractivity contribution < 1.29 is 18.7 Å². The van der Waals surface area contributed by atoms with Crippen LogP contribution in [-0.2, 0) is 20.7 Å². The Bertz CT molecular complexity index is 995. The van der Waals surface area contributed by atoms with E-state index in [4.69, 9.17) is 21.1 Å². The summed E-state index contributed by atoms with van der Waals surface area (Å²) in [7, 11) is 0. The van der Waals surface area contributed by atoms with E-state index in [1.807, 2.05) is 19.9 Å². The average molecular weight is 476 g/mol. The first kappa shape index (κ1) is 24.1. The zero-order valence-corrected chi connectivity index (χ0v) is 19.9. The number of aromatic nitrogens is 1. The van der Waals surface area contributed by atoms with Gasteiger partial charge in [-0.2, -0.15) is 0 Å². The van der Waals surface area contributed by atoms with Gasteiger partial charge in [0.15, 0.2) is 0 Å². The largest absolute Gasteiger partial charge is 0.380 e. The lowest BCUT2D eigenvalue weighted by atomic mass is 9.92. The summed E-state index contributed by atoms with van der Waals surface area (Å²) >= 11 is 6.43. The summed E-state index contributed by atoms with van der Waals surface area (Å²) in [6, 6.07) is 6.65. The van der Waals surface area contributed by atoms with Gasteiger partial charge in [-0.05, 0) is 57.0 Å². The molecule has 6 nitrogen and oxygen atoms in total. The summed E-state index contributed by atoms with van der Waals surface area (Å²) < 4.78 is 26.1. The van der Waals surface area contributed by atoms with Crippen LogP contribution in [0.4, 0.5) is 10.1 Å². The number of nitrogens with one attached hydrogen (secondary N) is 2. The standard InChI is InChI=1S/C25H31ClFN3O3/c1-25(2)15-32-14-19(33-25)12-30-23-8-16(5-6-22(23)27)20-9-18(29-13-21(20)26)10-24(31)17-4-3-7-28-11-17/h5-6,8-9,13,17,19,28,30H,3-4,7,10-12,14-15H2,1-2H3/t17-,19+/m1/s1. The van der Waals surface area contributed by atoms with Crippen molar-refractivity contribution in [3.63, 3.8) is 0 Å². The Balaban J connectivity index is 1.48. The van der Waals surface area contributed by atoms with Gasteiger partial charge in [0.05, 0.1) is 35.6 Å². The Kier molecular flexibility index (Phi) is 7.64. The molecule has 0 amide bonds. The van der Waals surface area contributed by atoms with Gasteiger partial charge in [-0.3, -0.25) is 9.78 Å². The molecule has 4 rings (SSSR count). The first-order valence-electron chi connectivity index (χ1n) is 11.5. The molecule has 33 heavy (non-hydrogen) atoms. The second kappa shape index (κ2) is 10.5. The second-order valence-corrected chi connectivity index (χ2v) is 9.84. The molecule has 2 aliphatic heterocycles. The van der Waals surface area contributed by atoms with Crippen molar-refractivity contribution in [1.29, 1.82) is 0 Å². The van der Waals surface area contributed by atoms with Crippen molar-refractivity contribution in [2.45, 2.75) is 44.8 Å². The van der Waals surface area contributed by atoms with E-state index in [1.54, 1.807) is 18.3 Å². The third-order valence-electron chi connectivity index (χ3n) is 6.06. The molecule has 2 N–H and O–H groups in total. The van der Waals surface area contributed by atoms with Crippen LogP contribution in [0.2, 0.25) is 5.02 Å². The third-order valence-corrected chi connectivity index (χ3v) is 6.36.